The van der Waals surface area contributed by atoms with E-state index >= 15 is 0 Å². The van der Waals surface area contributed by atoms with Crippen molar-refractivity contribution in [3.05, 3.63) is 23.1 Å². The van der Waals surface area contributed by atoms with Gasteiger partial charge in [-0.2, -0.15) is 0 Å². The fraction of sp³-hybridized carbons (Fsp3) is 0.692. The van der Waals surface area contributed by atoms with Gasteiger partial charge in [0.2, 0.25) is 0 Å². The fourth-order valence-corrected chi connectivity index (χ4v) is 2.55. The second-order valence-electron chi connectivity index (χ2n) is 5.44. The molecule has 1 fully saturated rings. The second-order valence-corrected chi connectivity index (χ2v) is 5.44. The Balaban J connectivity index is 2.22. The highest BCUT2D eigenvalue weighted by Crippen LogP contribution is 2.25. The zero-order chi connectivity index (χ0) is 16.6. The van der Waals surface area contributed by atoms with E-state index in [9.17, 15) is 30.6 Å². The molecule has 0 radical (unpaired) electrons. The molecule has 126 valence electrons. The van der Waals surface area contributed by atoms with Crippen LogP contribution in [0.15, 0.2) is 23.1 Å². The van der Waals surface area contributed by atoms with E-state index in [2.05, 4.69) is 5.32 Å². The molecule has 7 atom stereocenters. The van der Waals surface area contributed by atoms with Crippen LogP contribution in [0.5, 0.6) is 0 Å². The van der Waals surface area contributed by atoms with Crippen LogP contribution in [-0.4, -0.2) is 85.2 Å². The lowest BCUT2D eigenvalue weighted by molar-refractivity contribution is -0.253. The zero-order valence-electron chi connectivity index (χ0n) is 11.9. The summed E-state index contributed by atoms with van der Waals surface area (Å²) in [6.07, 6.45) is -7.06. The predicted molar refractivity (Wildman–Crippen MR) is 72.3 cm³/mol. The molecule has 1 aliphatic heterocycles. The third kappa shape index (κ3) is 2.97. The van der Waals surface area contributed by atoms with Crippen molar-refractivity contribution in [3.63, 3.8) is 0 Å². The van der Waals surface area contributed by atoms with Gasteiger partial charge in [0.05, 0.1) is 18.8 Å². The van der Waals surface area contributed by atoms with Crippen LogP contribution in [0.1, 0.15) is 6.92 Å². The van der Waals surface area contributed by atoms with Gasteiger partial charge in [-0.25, -0.2) is 0 Å². The third-order valence-corrected chi connectivity index (χ3v) is 3.93. The summed E-state index contributed by atoms with van der Waals surface area (Å²) < 4.78 is 5.06. The van der Waals surface area contributed by atoms with Gasteiger partial charge in [0.1, 0.15) is 30.2 Å². The maximum absolute atomic E-state index is 10.0. The molecule has 1 heterocycles. The van der Waals surface area contributed by atoms with Crippen molar-refractivity contribution in [2.45, 2.75) is 49.8 Å². The quantitative estimate of drug-likeness (QED) is 0.268. The molecule has 0 aromatic rings. The van der Waals surface area contributed by atoms with Crippen LogP contribution in [-0.2, 0) is 4.74 Å². The lowest BCUT2D eigenvalue weighted by Crippen LogP contribution is -2.62. The normalized spacial score (nSPS) is 43.0. The number of rotatable bonds is 3. The molecular weight excluding hydrogens is 298 g/mol. The van der Waals surface area contributed by atoms with Gasteiger partial charge in [0.25, 0.3) is 0 Å². The van der Waals surface area contributed by atoms with Crippen molar-refractivity contribution < 1.29 is 40.5 Å². The van der Waals surface area contributed by atoms with Gasteiger partial charge in [-0.15, -0.1) is 0 Å². The SMILES string of the molecule is C[C@H]1O[C@H](O)[C@H](O)[C@@H](O)[C@@H]1NC1=CC(CO)=C(O)[C@H](O)[C@H]1O. The molecule has 0 aromatic heterocycles. The van der Waals surface area contributed by atoms with Crippen molar-refractivity contribution in [1.29, 1.82) is 0 Å². The van der Waals surface area contributed by atoms with Crippen LogP contribution >= 0.6 is 0 Å². The lowest BCUT2D eigenvalue weighted by Gasteiger charge is -2.41. The molecule has 22 heavy (non-hydrogen) atoms. The van der Waals surface area contributed by atoms with E-state index in [0.717, 1.165) is 0 Å². The second kappa shape index (κ2) is 6.50. The van der Waals surface area contributed by atoms with E-state index in [0.29, 0.717) is 0 Å². The van der Waals surface area contributed by atoms with Crippen molar-refractivity contribution in [3.8, 4) is 0 Å². The standard InChI is InChI=1S/C13H21NO8/c1-4-7(10(18)12(20)13(21)22-4)14-6-2-5(3-15)8(16)11(19)9(6)17/h2,4,7,9-21H,3H2,1H3/t4-,7-,9+,10+,11+,12-,13+/m1/s1. The van der Waals surface area contributed by atoms with Crippen molar-refractivity contribution >= 4 is 0 Å². The Bertz CT molecular complexity index is 479. The summed E-state index contributed by atoms with van der Waals surface area (Å²) in [6, 6.07) is -0.883. The summed E-state index contributed by atoms with van der Waals surface area (Å²) in [5.41, 5.74) is 0.0530. The molecule has 1 aliphatic carbocycles. The Kier molecular flexibility index (Phi) is 5.07. The number of hydrogen-bond donors (Lipinski definition) is 8. The summed E-state index contributed by atoms with van der Waals surface area (Å²) in [6.45, 7) is 0.990. The summed E-state index contributed by atoms with van der Waals surface area (Å²) in [5, 5.41) is 70.2. The number of hydrogen-bond acceptors (Lipinski definition) is 9. The largest absolute Gasteiger partial charge is 0.509 e. The number of ether oxygens (including phenoxy) is 1. The van der Waals surface area contributed by atoms with Crippen LogP contribution in [0, 0.1) is 0 Å². The average molecular weight is 319 g/mol. The molecule has 0 saturated carbocycles. The molecular formula is C13H21NO8. The predicted octanol–water partition coefficient (Wildman–Crippen LogP) is -3.17. The van der Waals surface area contributed by atoms with Gasteiger partial charge < -0.3 is 45.8 Å². The molecule has 0 bridgehead atoms. The molecule has 1 saturated heterocycles. The molecule has 9 heteroatoms. The van der Waals surface area contributed by atoms with E-state index in [1.165, 1.54) is 6.08 Å². The van der Waals surface area contributed by atoms with E-state index in [1.54, 1.807) is 6.92 Å². The van der Waals surface area contributed by atoms with Gasteiger partial charge in [0, 0.05) is 11.3 Å². The first-order valence-electron chi connectivity index (χ1n) is 6.84. The summed E-state index contributed by atoms with van der Waals surface area (Å²) >= 11 is 0. The highest BCUT2D eigenvalue weighted by Gasteiger charge is 2.43. The third-order valence-electron chi connectivity index (χ3n) is 3.93. The van der Waals surface area contributed by atoms with E-state index in [1.807, 2.05) is 0 Å². The molecule has 0 amide bonds. The average Bonchev–Trinajstić information content (AvgIpc) is 2.49. The van der Waals surface area contributed by atoms with Crippen molar-refractivity contribution in [1.82, 2.24) is 5.32 Å². The zero-order valence-corrected chi connectivity index (χ0v) is 11.9. The Morgan fingerprint density at radius 1 is 1.09 bits per heavy atom. The summed E-state index contributed by atoms with van der Waals surface area (Å²) in [5.74, 6) is -0.538. The first kappa shape index (κ1) is 17.2. The molecule has 2 aliphatic rings. The number of nitrogens with one attached hydrogen (secondary N) is 1. The summed E-state index contributed by atoms with van der Waals surface area (Å²) in [7, 11) is 0. The van der Waals surface area contributed by atoms with Gasteiger partial charge in [0.15, 0.2) is 6.29 Å². The summed E-state index contributed by atoms with van der Waals surface area (Å²) in [4.78, 5) is 0. The number of aliphatic hydroxyl groups is 7. The number of aliphatic hydroxyl groups excluding tert-OH is 7. The van der Waals surface area contributed by atoms with Gasteiger partial charge >= 0.3 is 0 Å². The smallest absolute Gasteiger partial charge is 0.183 e. The molecule has 0 spiro atoms. The Morgan fingerprint density at radius 2 is 1.73 bits per heavy atom. The first-order valence-corrected chi connectivity index (χ1v) is 6.84. The van der Waals surface area contributed by atoms with Crippen molar-refractivity contribution in [2.24, 2.45) is 0 Å². The minimum absolute atomic E-state index is 0.0137. The van der Waals surface area contributed by atoms with E-state index < -0.39 is 55.2 Å². The maximum atomic E-state index is 10.0. The molecule has 9 nitrogen and oxygen atoms in total. The van der Waals surface area contributed by atoms with Crippen LogP contribution in [0.4, 0.5) is 0 Å². The van der Waals surface area contributed by atoms with Crippen LogP contribution in [0.25, 0.3) is 0 Å². The van der Waals surface area contributed by atoms with E-state index in [4.69, 9.17) is 9.84 Å². The van der Waals surface area contributed by atoms with Crippen molar-refractivity contribution in [2.75, 3.05) is 6.61 Å². The molecule has 2 rings (SSSR count). The Labute approximate surface area is 126 Å². The van der Waals surface area contributed by atoms with Crippen LogP contribution < -0.4 is 5.32 Å². The lowest BCUT2D eigenvalue weighted by atomic mass is 9.93. The molecule has 0 unspecified atom stereocenters. The Morgan fingerprint density at radius 3 is 2.32 bits per heavy atom. The monoisotopic (exact) mass is 319 g/mol. The van der Waals surface area contributed by atoms with E-state index in [-0.39, 0.29) is 11.3 Å². The maximum Gasteiger partial charge on any atom is 0.183 e. The topological polar surface area (TPSA) is 163 Å². The highest BCUT2D eigenvalue weighted by atomic mass is 16.6. The molecule has 0 aromatic carbocycles. The fourth-order valence-electron chi connectivity index (χ4n) is 2.55. The van der Waals surface area contributed by atoms with Gasteiger partial charge in [-0.3, -0.25) is 0 Å². The van der Waals surface area contributed by atoms with Crippen LogP contribution in [0.3, 0.4) is 0 Å². The highest BCUT2D eigenvalue weighted by molar-refractivity contribution is 5.36. The van der Waals surface area contributed by atoms with Gasteiger partial charge in [-0.1, -0.05) is 0 Å². The minimum Gasteiger partial charge on any atom is -0.509 e. The first-order chi connectivity index (χ1) is 10.3. The minimum atomic E-state index is -1.62. The molecule has 8 N–H and O–H groups in total. The van der Waals surface area contributed by atoms with Crippen LogP contribution in [0.2, 0.25) is 0 Å². The van der Waals surface area contributed by atoms with Gasteiger partial charge in [-0.05, 0) is 13.0 Å². The Hall–Kier alpha value is -1.20.